The number of ether oxygens (including phenoxy) is 1. The van der Waals surface area contributed by atoms with Crippen molar-refractivity contribution in [3.05, 3.63) is 40.6 Å². The van der Waals surface area contributed by atoms with Crippen LogP contribution in [0, 0.1) is 10.1 Å². The fourth-order valence-electron chi connectivity index (χ4n) is 3.04. The zero-order valence-corrected chi connectivity index (χ0v) is 16.6. The zero-order valence-electron chi connectivity index (χ0n) is 16.6. The molecule has 1 amide bonds. The summed E-state index contributed by atoms with van der Waals surface area (Å²) in [6.45, 7) is 4.55. The van der Waals surface area contributed by atoms with E-state index in [4.69, 9.17) is 9.15 Å². The van der Waals surface area contributed by atoms with Crippen molar-refractivity contribution in [3.8, 4) is 0 Å². The molecule has 0 unspecified atom stereocenters. The van der Waals surface area contributed by atoms with Crippen molar-refractivity contribution in [2.75, 3.05) is 42.9 Å². The number of rotatable bonds is 7. The van der Waals surface area contributed by atoms with Gasteiger partial charge in [0.15, 0.2) is 5.76 Å². The zero-order chi connectivity index (χ0) is 21.7. The molecule has 1 aliphatic rings. The van der Waals surface area contributed by atoms with E-state index in [0.29, 0.717) is 26.2 Å². The summed E-state index contributed by atoms with van der Waals surface area (Å²) in [4.78, 5) is 46.5. The van der Waals surface area contributed by atoms with Crippen molar-refractivity contribution in [1.82, 2.24) is 14.9 Å². The third kappa shape index (κ3) is 4.82. The molecule has 1 aliphatic heterocycles. The fourth-order valence-corrected chi connectivity index (χ4v) is 3.04. The summed E-state index contributed by atoms with van der Waals surface area (Å²) < 4.78 is 10.1. The summed E-state index contributed by atoms with van der Waals surface area (Å²) in [5.74, 6) is -0.483. The molecule has 0 saturated carbocycles. The lowest BCUT2D eigenvalue weighted by Gasteiger charge is -2.34. The van der Waals surface area contributed by atoms with Crippen LogP contribution < -0.4 is 10.2 Å². The molecule has 1 saturated heterocycles. The summed E-state index contributed by atoms with van der Waals surface area (Å²) in [7, 11) is 0. The number of nitro groups is 1. The van der Waals surface area contributed by atoms with Gasteiger partial charge in [-0.05, 0) is 26.0 Å². The molecule has 0 aromatic carbocycles. The maximum atomic E-state index is 12.4. The molecule has 2 aromatic heterocycles. The minimum Gasteiger partial charge on any atom is -0.462 e. The van der Waals surface area contributed by atoms with Crippen LogP contribution in [-0.4, -0.2) is 70.5 Å². The van der Waals surface area contributed by atoms with E-state index in [1.54, 1.807) is 35.8 Å². The first-order chi connectivity index (χ1) is 14.4. The van der Waals surface area contributed by atoms with Crippen LogP contribution in [0.4, 0.5) is 17.3 Å². The summed E-state index contributed by atoms with van der Waals surface area (Å²) in [5, 5.41) is 14.4. The lowest BCUT2D eigenvalue weighted by atomic mass is 10.2. The molecule has 0 atom stereocenters. The molecule has 30 heavy (non-hydrogen) atoms. The van der Waals surface area contributed by atoms with E-state index in [0.717, 1.165) is 0 Å². The monoisotopic (exact) mass is 418 g/mol. The molecule has 0 aliphatic carbocycles. The molecule has 160 valence electrons. The molecule has 3 rings (SSSR count). The predicted octanol–water partition coefficient (Wildman–Crippen LogP) is 1.30. The molecule has 2 aromatic rings. The number of amides is 1. The maximum Gasteiger partial charge on any atom is 0.353 e. The highest BCUT2D eigenvalue weighted by Gasteiger charge is 2.31. The summed E-state index contributed by atoms with van der Waals surface area (Å²) in [6, 6.07) is 3.23. The summed E-state index contributed by atoms with van der Waals surface area (Å²) in [6.07, 6.45) is 2.33. The predicted molar refractivity (Wildman–Crippen MR) is 105 cm³/mol. The third-order valence-electron chi connectivity index (χ3n) is 4.35. The van der Waals surface area contributed by atoms with E-state index in [2.05, 4.69) is 15.3 Å². The summed E-state index contributed by atoms with van der Waals surface area (Å²) in [5.41, 5.74) is -0.333. The molecule has 1 fully saturated rings. The standard InChI is InChI=1S/C18H22N6O6/c1-12(2)30-14(25)10-19-16-15(24(27)28)17(21-11-20-16)22-5-7-23(8-6-22)18(26)13-4-3-9-29-13/h3-4,9,11-12H,5-8,10H2,1-2H3,(H,19,20,21). The smallest absolute Gasteiger partial charge is 0.353 e. The number of hydrogen-bond acceptors (Lipinski definition) is 10. The van der Waals surface area contributed by atoms with Crippen LogP contribution in [0.2, 0.25) is 0 Å². The van der Waals surface area contributed by atoms with E-state index in [-0.39, 0.29) is 41.6 Å². The number of hydrogen-bond donors (Lipinski definition) is 1. The number of carbonyl (C=O) groups is 2. The minimum atomic E-state index is -0.591. The molecule has 0 radical (unpaired) electrons. The van der Waals surface area contributed by atoms with E-state index < -0.39 is 10.9 Å². The Morgan fingerprint density at radius 3 is 2.63 bits per heavy atom. The number of nitrogens with zero attached hydrogens (tertiary/aromatic N) is 5. The van der Waals surface area contributed by atoms with Gasteiger partial charge in [0.05, 0.1) is 17.3 Å². The van der Waals surface area contributed by atoms with Gasteiger partial charge in [-0.1, -0.05) is 0 Å². The molecule has 12 heteroatoms. The van der Waals surface area contributed by atoms with Gasteiger partial charge in [-0.3, -0.25) is 19.7 Å². The van der Waals surface area contributed by atoms with Crippen LogP contribution in [0.1, 0.15) is 24.4 Å². The molecule has 3 heterocycles. The molecule has 0 bridgehead atoms. The Balaban J connectivity index is 1.71. The normalized spacial score (nSPS) is 14.0. The second-order valence-corrected chi connectivity index (χ2v) is 6.80. The van der Waals surface area contributed by atoms with Gasteiger partial charge in [-0.2, -0.15) is 0 Å². The van der Waals surface area contributed by atoms with Crippen molar-refractivity contribution in [2.24, 2.45) is 0 Å². The lowest BCUT2D eigenvalue weighted by Crippen LogP contribution is -2.49. The highest BCUT2D eigenvalue weighted by atomic mass is 16.6. The van der Waals surface area contributed by atoms with Gasteiger partial charge in [0.1, 0.15) is 12.9 Å². The first-order valence-electron chi connectivity index (χ1n) is 9.37. The second kappa shape index (κ2) is 9.20. The Bertz CT molecular complexity index is 908. The molecular formula is C18H22N6O6. The van der Waals surface area contributed by atoms with E-state index in [1.807, 2.05) is 0 Å². The van der Waals surface area contributed by atoms with Gasteiger partial charge in [-0.15, -0.1) is 0 Å². The topological polar surface area (TPSA) is 144 Å². The number of carbonyl (C=O) groups excluding carboxylic acids is 2. The Labute approximate surface area is 172 Å². The number of furan rings is 1. The number of anilines is 2. The first-order valence-corrected chi connectivity index (χ1v) is 9.37. The average Bonchev–Trinajstić information content (AvgIpc) is 3.26. The lowest BCUT2D eigenvalue weighted by molar-refractivity contribution is -0.383. The van der Waals surface area contributed by atoms with Crippen LogP contribution >= 0.6 is 0 Å². The van der Waals surface area contributed by atoms with Gasteiger partial charge in [0.25, 0.3) is 5.91 Å². The van der Waals surface area contributed by atoms with Gasteiger partial charge in [0, 0.05) is 26.2 Å². The molecule has 1 N–H and O–H groups in total. The van der Waals surface area contributed by atoms with Crippen molar-refractivity contribution >= 4 is 29.2 Å². The highest BCUT2D eigenvalue weighted by molar-refractivity contribution is 5.91. The first kappa shape index (κ1) is 21.0. The average molecular weight is 418 g/mol. The van der Waals surface area contributed by atoms with Crippen molar-refractivity contribution in [2.45, 2.75) is 20.0 Å². The van der Waals surface area contributed by atoms with Gasteiger partial charge < -0.3 is 24.3 Å². The minimum absolute atomic E-state index is 0.0696. The molecule has 0 spiro atoms. The van der Waals surface area contributed by atoms with Crippen LogP contribution in [0.5, 0.6) is 0 Å². The van der Waals surface area contributed by atoms with Crippen LogP contribution in [0.15, 0.2) is 29.1 Å². The Morgan fingerprint density at radius 1 is 1.30 bits per heavy atom. The Morgan fingerprint density at radius 2 is 2.03 bits per heavy atom. The third-order valence-corrected chi connectivity index (χ3v) is 4.35. The van der Waals surface area contributed by atoms with E-state index in [9.17, 15) is 19.7 Å². The van der Waals surface area contributed by atoms with Crippen LogP contribution in [-0.2, 0) is 9.53 Å². The maximum absolute atomic E-state index is 12.4. The van der Waals surface area contributed by atoms with Gasteiger partial charge >= 0.3 is 11.7 Å². The SMILES string of the molecule is CC(C)OC(=O)CNc1ncnc(N2CCN(C(=O)c3ccco3)CC2)c1[N+](=O)[O-]. The van der Waals surface area contributed by atoms with Crippen molar-refractivity contribution in [1.29, 1.82) is 0 Å². The quantitative estimate of drug-likeness (QED) is 0.397. The van der Waals surface area contributed by atoms with Gasteiger partial charge in [0.2, 0.25) is 11.6 Å². The molecular weight excluding hydrogens is 396 g/mol. The van der Waals surface area contributed by atoms with Gasteiger partial charge in [-0.25, -0.2) is 9.97 Å². The van der Waals surface area contributed by atoms with Crippen LogP contribution in [0.3, 0.4) is 0 Å². The number of piperazine rings is 1. The number of aromatic nitrogens is 2. The fraction of sp³-hybridized carbons (Fsp3) is 0.444. The number of nitrogens with one attached hydrogen (secondary N) is 1. The van der Waals surface area contributed by atoms with Crippen LogP contribution in [0.25, 0.3) is 0 Å². The number of esters is 1. The summed E-state index contributed by atoms with van der Waals surface area (Å²) >= 11 is 0. The van der Waals surface area contributed by atoms with E-state index >= 15 is 0 Å². The Kier molecular flexibility index (Phi) is 6.45. The second-order valence-electron chi connectivity index (χ2n) is 6.80. The Hall–Kier alpha value is -3.70. The molecule has 12 nitrogen and oxygen atoms in total. The van der Waals surface area contributed by atoms with E-state index in [1.165, 1.54) is 12.6 Å². The van der Waals surface area contributed by atoms with Crippen molar-refractivity contribution in [3.63, 3.8) is 0 Å². The van der Waals surface area contributed by atoms with Crippen molar-refractivity contribution < 1.29 is 23.7 Å². The largest absolute Gasteiger partial charge is 0.462 e. The highest BCUT2D eigenvalue weighted by Crippen LogP contribution is 2.32.